The minimum absolute atomic E-state index is 0.310. The summed E-state index contributed by atoms with van der Waals surface area (Å²) < 4.78 is 11.0. The highest BCUT2D eigenvalue weighted by molar-refractivity contribution is 5.42. The number of benzene rings is 1. The van der Waals surface area contributed by atoms with Crippen molar-refractivity contribution in [1.82, 2.24) is 5.32 Å². The minimum Gasteiger partial charge on any atom is -0.496 e. The summed E-state index contributed by atoms with van der Waals surface area (Å²) in [6.07, 6.45) is 2.58. The second kappa shape index (κ2) is 6.55. The van der Waals surface area contributed by atoms with Crippen LogP contribution in [0, 0.1) is 11.3 Å². The average molecular weight is 260 g/mol. The van der Waals surface area contributed by atoms with E-state index < -0.39 is 0 Å². The minimum atomic E-state index is 0.310. The number of hydrogen-bond acceptors (Lipinski definition) is 4. The van der Waals surface area contributed by atoms with Gasteiger partial charge in [-0.2, -0.15) is 5.26 Å². The number of methoxy groups -OCH3 is 1. The summed E-state index contributed by atoms with van der Waals surface area (Å²) >= 11 is 0. The summed E-state index contributed by atoms with van der Waals surface area (Å²) in [5.41, 5.74) is 1.68. The molecule has 4 nitrogen and oxygen atoms in total. The SMILES string of the molecule is COc1cc(C#N)ccc1CN[C@H](C)[C@H]1CCCO1. The van der Waals surface area contributed by atoms with Crippen molar-refractivity contribution in [3.05, 3.63) is 29.3 Å². The van der Waals surface area contributed by atoms with Gasteiger partial charge < -0.3 is 14.8 Å². The molecule has 0 radical (unpaired) electrons. The van der Waals surface area contributed by atoms with E-state index in [1.54, 1.807) is 13.2 Å². The lowest BCUT2D eigenvalue weighted by atomic mass is 10.1. The van der Waals surface area contributed by atoms with Crippen LogP contribution in [0.25, 0.3) is 0 Å². The van der Waals surface area contributed by atoms with Crippen LogP contribution in [0.2, 0.25) is 0 Å². The van der Waals surface area contributed by atoms with E-state index in [4.69, 9.17) is 14.7 Å². The molecule has 1 aliphatic heterocycles. The van der Waals surface area contributed by atoms with Gasteiger partial charge in [-0.05, 0) is 31.9 Å². The van der Waals surface area contributed by atoms with Gasteiger partial charge >= 0.3 is 0 Å². The largest absolute Gasteiger partial charge is 0.496 e. The standard InChI is InChI=1S/C15H20N2O2/c1-11(14-4-3-7-19-14)17-10-13-6-5-12(9-16)8-15(13)18-2/h5-6,8,11,14,17H,3-4,7,10H2,1-2H3/t11-,14-/m1/s1. The van der Waals surface area contributed by atoms with Crippen LogP contribution in [0.4, 0.5) is 0 Å². The van der Waals surface area contributed by atoms with Gasteiger partial charge in [0.1, 0.15) is 5.75 Å². The molecule has 1 N–H and O–H groups in total. The van der Waals surface area contributed by atoms with E-state index in [0.29, 0.717) is 17.7 Å². The Labute approximate surface area is 114 Å². The van der Waals surface area contributed by atoms with E-state index in [2.05, 4.69) is 18.3 Å². The van der Waals surface area contributed by atoms with E-state index in [-0.39, 0.29) is 0 Å². The van der Waals surface area contributed by atoms with Gasteiger partial charge in [-0.1, -0.05) is 6.07 Å². The maximum atomic E-state index is 8.87. The fourth-order valence-corrected chi connectivity index (χ4v) is 2.36. The first-order valence-electron chi connectivity index (χ1n) is 6.66. The summed E-state index contributed by atoms with van der Waals surface area (Å²) in [5.74, 6) is 0.756. The van der Waals surface area contributed by atoms with E-state index in [9.17, 15) is 0 Å². The summed E-state index contributed by atoms with van der Waals surface area (Å²) in [4.78, 5) is 0. The second-order valence-electron chi connectivity index (χ2n) is 4.86. The highest BCUT2D eigenvalue weighted by atomic mass is 16.5. The van der Waals surface area contributed by atoms with Gasteiger partial charge in [0, 0.05) is 24.8 Å². The van der Waals surface area contributed by atoms with Crippen molar-refractivity contribution in [2.75, 3.05) is 13.7 Å². The third kappa shape index (κ3) is 3.46. The molecule has 0 bridgehead atoms. The number of nitrogens with one attached hydrogen (secondary N) is 1. The zero-order chi connectivity index (χ0) is 13.7. The Balaban J connectivity index is 1.97. The van der Waals surface area contributed by atoms with Crippen LogP contribution in [0.5, 0.6) is 5.75 Å². The predicted octanol–water partition coefficient (Wildman–Crippen LogP) is 2.22. The highest BCUT2D eigenvalue weighted by Crippen LogP contribution is 2.21. The number of rotatable bonds is 5. The summed E-state index contributed by atoms with van der Waals surface area (Å²) in [7, 11) is 1.63. The summed E-state index contributed by atoms with van der Waals surface area (Å²) in [6, 6.07) is 7.96. The third-order valence-electron chi connectivity index (χ3n) is 3.55. The molecule has 1 aromatic carbocycles. The molecule has 19 heavy (non-hydrogen) atoms. The lowest BCUT2D eigenvalue weighted by Gasteiger charge is -2.20. The van der Waals surface area contributed by atoms with Crippen LogP contribution in [-0.4, -0.2) is 25.9 Å². The van der Waals surface area contributed by atoms with Crippen molar-refractivity contribution >= 4 is 0 Å². The fourth-order valence-electron chi connectivity index (χ4n) is 2.36. The maximum Gasteiger partial charge on any atom is 0.124 e. The predicted molar refractivity (Wildman–Crippen MR) is 73.0 cm³/mol. The Bertz CT molecular complexity index is 462. The van der Waals surface area contributed by atoms with E-state index in [0.717, 1.165) is 37.3 Å². The summed E-state index contributed by atoms with van der Waals surface area (Å²) in [5, 5.41) is 12.3. The molecule has 0 aliphatic carbocycles. The van der Waals surface area contributed by atoms with Crippen molar-refractivity contribution in [3.8, 4) is 11.8 Å². The topological polar surface area (TPSA) is 54.3 Å². The first kappa shape index (κ1) is 13.9. The van der Waals surface area contributed by atoms with Gasteiger partial charge in [0.15, 0.2) is 0 Å². The lowest BCUT2D eigenvalue weighted by Crippen LogP contribution is -2.36. The molecule has 2 rings (SSSR count). The Morgan fingerprint density at radius 3 is 3.05 bits per heavy atom. The van der Waals surface area contributed by atoms with Gasteiger partial charge in [-0.25, -0.2) is 0 Å². The summed E-state index contributed by atoms with van der Waals surface area (Å²) in [6.45, 7) is 3.74. The quantitative estimate of drug-likeness (QED) is 0.882. The van der Waals surface area contributed by atoms with Crippen molar-refractivity contribution < 1.29 is 9.47 Å². The fraction of sp³-hybridized carbons (Fsp3) is 0.533. The molecule has 4 heteroatoms. The Morgan fingerprint density at radius 1 is 1.58 bits per heavy atom. The van der Waals surface area contributed by atoms with Gasteiger partial charge in [0.2, 0.25) is 0 Å². The van der Waals surface area contributed by atoms with Crippen molar-refractivity contribution in [1.29, 1.82) is 5.26 Å². The molecule has 1 aliphatic rings. The van der Waals surface area contributed by atoms with Crippen molar-refractivity contribution in [3.63, 3.8) is 0 Å². The number of ether oxygens (including phenoxy) is 2. The smallest absolute Gasteiger partial charge is 0.124 e. The zero-order valence-electron chi connectivity index (χ0n) is 11.5. The molecule has 102 valence electrons. The molecular weight excluding hydrogens is 240 g/mol. The Hall–Kier alpha value is -1.57. The molecule has 1 aromatic rings. The molecule has 0 saturated carbocycles. The average Bonchev–Trinajstić information content (AvgIpc) is 2.98. The molecule has 1 heterocycles. The maximum absolute atomic E-state index is 8.87. The Kier molecular flexibility index (Phi) is 4.78. The van der Waals surface area contributed by atoms with Gasteiger partial charge in [0.25, 0.3) is 0 Å². The first-order valence-corrected chi connectivity index (χ1v) is 6.66. The molecule has 0 amide bonds. The van der Waals surface area contributed by atoms with Crippen molar-refractivity contribution in [2.45, 2.75) is 38.5 Å². The van der Waals surface area contributed by atoms with E-state index in [1.165, 1.54) is 0 Å². The molecule has 1 fully saturated rings. The number of nitrogens with zero attached hydrogens (tertiary/aromatic N) is 1. The lowest BCUT2D eigenvalue weighted by molar-refractivity contribution is 0.0831. The molecule has 0 spiro atoms. The van der Waals surface area contributed by atoms with E-state index >= 15 is 0 Å². The molecular formula is C15H20N2O2. The normalized spacial score (nSPS) is 19.9. The Morgan fingerprint density at radius 2 is 2.42 bits per heavy atom. The van der Waals surface area contributed by atoms with Crippen LogP contribution in [0.15, 0.2) is 18.2 Å². The van der Waals surface area contributed by atoms with Crippen LogP contribution in [0.3, 0.4) is 0 Å². The van der Waals surface area contributed by atoms with Gasteiger partial charge in [-0.3, -0.25) is 0 Å². The van der Waals surface area contributed by atoms with Gasteiger partial charge in [0.05, 0.1) is 24.8 Å². The van der Waals surface area contributed by atoms with Crippen LogP contribution < -0.4 is 10.1 Å². The molecule has 1 saturated heterocycles. The second-order valence-corrected chi connectivity index (χ2v) is 4.86. The molecule has 0 aromatic heterocycles. The monoisotopic (exact) mass is 260 g/mol. The van der Waals surface area contributed by atoms with Crippen LogP contribution >= 0.6 is 0 Å². The van der Waals surface area contributed by atoms with Crippen LogP contribution in [-0.2, 0) is 11.3 Å². The highest BCUT2D eigenvalue weighted by Gasteiger charge is 2.22. The van der Waals surface area contributed by atoms with Crippen molar-refractivity contribution in [2.24, 2.45) is 0 Å². The first-order chi connectivity index (χ1) is 9.24. The number of nitriles is 1. The molecule has 2 atom stereocenters. The third-order valence-corrected chi connectivity index (χ3v) is 3.55. The van der Waals surface area contributed by atoms with Gasteiger partial charge in [-0.15, -0.1) is 0 Å². The zero-order valence-corrected chi connectivity index (χ0v) is 11.5. The number of hydrogen-bond donors (Lipinski definition) is 1. The van der Waals surface area contributed by atoms with E-state index in [1.807, 2.05) is 12.1 Å². The molecule has 0 unspecified atom stereocenters. The van der Waals surface area contributed by atoms with Crippen LogP contribution in [0.1, 0.15) is 30.9 Å².